The lowest BCUT2D eigenvalue weighted by molar-refractivity contribution is -0.121. The van der Waals surface area contributed by atoms with Gasteiger partial charge in [0.2, 0.25) is 5.91 Å². The second kappa shape index (κ2) is 8.34. The largest absolute Gasteiger partial charge is 0.339 e. The van der Waals surface area contributed by atoms with Crippen LogP contribution in [0.15, 0.2) is 66.9 Å². The van der Waals surface area contributed by atoms with Crippen molar-refractivity contribution in [3.63, 3.8) is 0 Å². The molecule has 1 aromatic heterocycles. The molecule has 1 aliphatic heterocycles. The SMILES string of the molecule is CCn1cc(CN2CCN(c3ccccc3-c3ccccc3)C(=O)C2)cc1C#N. The predicted octanol–water partition coefficient (Wildman–Crippen LogP) is 3.90. The van der Waals surface area contributed by atoms with E-state index in [9.17, 15) is 10.1 Å². The van der Waals surface area contributed by atoms with Gasteiger partial charge in [0.1, 0.15) is 11.8 Å². The second-order valence-electron chi connectivity index (χ2n) is 7.27. The average molecular weight is 384 g/mol. The van der Waals surface area contributed by atoms with Crippen molar-refractivity contribution < 1.29 is 4.79 Å². The molecule has 2 heterocycles. The van der Waals surface area contributed by atoms with Crippen molar-refractivity contribution in [3.05, 3.63) is 78.1 Å². The van der Waals surface area contributed by atoms with E-state index in [2.05, 4.69) is 29.2 Å². The molecular weight excluding hydrogens is 360 g/mol. The number of aromatic nitrogens is 1. The Bertz CT molecular complexity index is 1050. The highest BCUT2D eigenvalue weighted by molar-refractivity contribution is 5.99. The lowest BCUT2D eigenvalue weighted by atomic mass is 10.0. The number of piperazine rings is 1. The molecule has 0 saturated carbocycles. The van der Waals surface area contributed by atoms with Crippen LogP contribution >= 0.6 is 0 Å². The van der Waals surface area contributed by atoms with Crippen molar-refractivity contribution in [1.82, 2.24) is 9.47 Å². The van der Waals surface area contributed by atoms with Crippen LogP contribution in [0.3, 0.4) is 0 Å². The fraction of sp³-hybridized carbons (Fsp3) is 0.250. The van der Waals surface area contributed by atoms with Crippen molar-refractivity contribution in [2.75, 3.05) is 24.5 Å². The number of benzene rings is 2. The molecule has 5 heteroatoms. The Balaban J connectivity index is 1.50. The maximum absolute atomic E-state index is 13.0. The highest BCUT2D eigenvalue weighted by atomic mass is 16.2. The third-order valence-corrected chi connectivity index (χ3v) is 5.39. The van der Waals surface area contributed by atoms with E-state index in [0.717, 1.165) is 35.5 Å². The summed E-state index contributed by atoms with van der Waals surface area (Å²) in [5.74, 6) is 0.107. The van der Waals surface area contributed by atoms with Gasteiger partial charge in [-0.3, -0.25) is 9.69 Å². The van der Waals surface area contributed by atoms with E-state index in [0.29, 0.717) is 25.3 Å². The first-order valence-corrected chi connectivity index (χ1v) is 9.96. The van der Waals surface area contributed by atoms with E-state index in [1.807, 2.05) is 65.1 Å². The Kier molecular flexibility index (Phi) is 5.46. The van der Waals surface area contributed by atoms with Gasteiger partial charge in [-0.05, 0) is 30.2 Å². The number of hydrogen-bond donors (Lipinski definition) is 0. The first kappa shape index (κ1) is 19.0. The molecule has 0 aliphatic carbocycles. The van der Waals surface area contributed by atoms with Gasteiger partial charge in [-0.25, -0.2) is 0 Å². The predicted molar refractivity (Wildman–Crippen MR) is 114 cm³/mol. The average Bonchev–Trinajstić information content (AvgIpc) is 3.16. The van der Waals surface area contributed by atoms with Crippen LogP contribution in [0.25, 0.3) is 11.1 Å². The molecule has 5 nitrogen and oxygen atoms in total. The summed E-state index contributed by atoms with van der Waals surface area (Å²) >= 11 is 0. The van der Waals surface area contributed by atoms with Gasteiger partial charge >= 0.3 is 0 Å². The number of anilines is 1. The Labute approximate surface area is 171 Å². The fourth-order valence-electron chi connectivity index (χ4n) is 3.95. The molecule has 1 fully saturated rings. The monoisotopic (exact) mass is 384 g/mol. The van der Waals surface area contributed by atoms with Crippen molar-refractivity contribution in [3.8, 4) is 17.2 Å². The van der Waals surface area contributed by atoms with E-state index in [-0.39, 0.29) is 5.91 Å². The Morgan fingerprint density at radius 3 is 2.48 bits per heavy atom. The molecule has 2 aromatic carbocycles. The Hall–Kier alpha value is -3.36. The molecule has 0 unspecified atom stereocenters. The summed E-state index contributed by atoms with van der Waals surface area (Å²) in [6.45, 7) is 5.31. The third kappa shape index (κ3) is 3.94. The number of aryl methyl sites for hydroxylation is 1. The lowest BCUT2D eigenvalue weighted by Gasteiger charge is -2.35. The molecule has 0 radical (unpaired) electrons. The van der Waals surface area contributed by atoms with Crippen LogP contribution < -0.4 is 4.90 Å². The summed E-state index contributed by atoms with van der Waals surface area (Å²) in [4.78, 5) is 17.0. The number of carbonyl (C=O) groups is 1. The number of para-hydroxylation sites is 1. The molecule has 0 atom stereocenters. The number of amides is 1. The summed E-state index contributed by atoms with van der Waals surface area (Å²) in [6.07, 6.45) is 2.01. The van der Waals surface area contributed by atoms with E-state index in [1.54, 1.807) is 0 Å². The van der Waals surface area contributed by atoms with Gasteiger partial charge in [-0.15, -0.1) is 0 Å². The number of carbonyl (C=O) groups excluding carboxylic acids is 1. The van der Waals surface area contributed by atoms with Gasteiger partial charge < -0.3 is 9.47 Å². The van der Waals surface area contributed by atoms with Gasteiger partial charge in [0.25, 0.3) is 0 Å². The van der Waals surface area contributed by atoms with E-state index in [1.165, 1.54) is 0 Å². The zero-order valence-corrected chi connectivity index (χ0v) is 16.6. The van der Waals surface area contributed by atoms with Crippen molar-refractivity contribution in [1.29, 1.82) is 5.26 Å². The second-order valence-corrected chi connectivity index (χ2v) is 7.27. The maximum atomic E-state index is 13.0. The zero-order valence-electron chi connectivity index (χ0n) is 16.6. The van der Waals surface area contributed by atoms with Crippen molar-refractivity contribution in [2.45, 2.75) is 20.0 Å². The van der Waals surface area contributed by atoms with Crippen LogP contribution in [-0.2, 0) is 17.9 Å². The molecule has 0 N–H and O–H groups in total. The van der Waals surface area contributed by atoms with Gasteiger partial charge in [-0.1, -0.05) is 48.5 Å². The summed E-state index contributed by atoms with van der Waals surface area (Å²) in [7, 11) is 0. The quantitative estimate of drug-likeness (QED) is 0.670. The minimum Gasteiger partial charge on any atom is -0.339 e. The van der Waals surface area contributed by atoms with Crippen LogP contribution in [0.2, 0.25) is 0 Å². The number of rotatable bonds is 5. The molecule has 1 amide bonds. The molecule has 0 spiro atoms. The minimum absolute atomic E-state index is 0.107. The molecule has 4 rings (SSSR count). The first-order valence-electron chi connectivity index (χ1n) is 9.96. The van der Waals surface area contributed by atoms with E-state index < -0.39 is 0 Å². The number of nitrogens with zero attached hydrogens (tertiary/aromatic N) is 4. The molecule has 146 valence electrons. The summed E-state index contributed by atoms with van der Waals surface area (Å²) in [5, 5.41) is 9.25. The zero-order chi connectivity index (χ0) is 20.2. The summed E-state index contributed by atoms with van der Waals surface area (Å²) in [6, 6.07) is 22.4. The highest BCUT2D eigenvalue weighted by Gasteiger charge is 2.27. The highest BCUT2D eigenvalue weighted by Crippen LogP contribution is 2.31. The third-order valence-electron chi connectivity index (χ3n) is 5.39. The Morgan fingerprint density at radius 2 is 1.79 bits per heavy atom. The van der Waals surface area contributed by atoms with Crippen molar-refractivity contribution in [2.24, 2.45) is 0 Å². The normalized spacial score (nSPS) is 14.8. The number of nitriles is 1. The summed E-state index contributed by atoms with van der Waals surface area (Å²) < 4.78 is 1.95. The van der Waals surface area contributed by atoms with E-state index in [4.69, 9.17) is 0 Å². The molecular formula is C24H24N4O. The van der Waals surface area contributed by atoms with E-state index >= 15 is 0 Å². The molecule has 1 aliphatic rings. The fourth-order valence-corrected chi connectivity index (χ4v) is 3.95. The molecule has 3 aromatic rings. The topological polar surface area (TPSA) is 52.3 Å². The molecule has 1 saturated heterocycles. The smallest absolute Gasteiger partial charge is 0.241 e. The van der Waals surface area contributed by atoms with Crippen LogP contribution in [0, 0.1) is 11.3 Å². The van der Waals surface area contributed by atoms with Crippen molar-refractivity contribution >= 4 is 11.6 Å². The Morgan fingerprint density at radius 1 is 1.03 bits per heavy atom. The van der Waals surface area contributed by atoms with Gasteiger partial charge in [0.15, 0.2) is 0 Å². The van der Waals surface area contributed by atoms with Gasteiger partial charge in [0.05, 0.1) is 12.2 Å². The number of hydrogen-bond acceptors (Lipinski definition) is 3. The standard InChI is InChI=1S/C24H24N4O/c1-2-27-17-19(14-21(27)15-25)16-26-12-13-28(24(29)18-26)23-11-7-6-10-22(23)20-8-4-3-5-9-20/h3-11,14,17H,2,12-13,16,18H2,1H3. The first-order chi connectivity index (χ1) is 14.2. The molecule has 29 heavy (non-hydrogen) atoms. The van der Waals surface area contributed by atoms with Gasteiger partial charge in [-0.2, -0.15) is 5.26 Å². The van der Waals surface area contributed by atoms with Crippen LogP contribution in [-0.4, -0.2) is 35.0 Å². The molecule has 0 bridgehead atoms. The lowest BCUT2D eigenvalue weighted by Crippen LogP contribution is -2.50. The van der Waals surface area contributed by atoms with Crippen LogP contribution in [0.4, 0.5) is 5.69 Å². The maximum Gasteiger partial charge on any atom is 0.241 e. The van der Waals surface area contributed by atoms with Crippen LogP contribution in [0.1, 0.15) is 18.2 Å². The van der Waals surface area contributed by atoms with Gasteiger partial charge in [0, 0.05) is 37.9 Å². The minimum atomic E-state index is 0.107. The summed E-state index contributed by atoms with van der Waals surface area (Å²) in [5.41, 5.74) is 4.91. The van der Waals surface area contributed by atoms with Crippen LogP contribution in [0.5, 0.6) is 0 Å².